The normalized spacial score (nSPS) is 10.8. The van der Waals surface area contributed by atoms with Crippen LogP contribution < -0.4 is 10.1 Å². The monoisotopic (exact) mass is 527 g/mol. The number of imidazole rings is 1. The first-order valence-electron chi connectivity index (χ1n) is 11.7. The molecule has 0 radical (unpaired) electrons. The number of esters is 1. The van der Waals surface area contributed by atoms with Crippen LogP contribution in [0, 0.1) is 0 Å². The van der Waals surface area contributed by atoms with Crippen LogP contribution in [0.2, 0.25) is 5.15 Å². The van der Waals surface area contributed by atoms with Crippen LogP contribution in [0.1, 0.15) is 27.6 Å². The average Bonchev–Trinajstić information content (AvgIpc) is 3.32. The molecule has 1 N–H and O–H groups in total. The molecule has 0 aliphatic heterocycles. The minimum Gasteiger partial charge on any atom is -0.481 e. The number of ether oxygens (including phenoxy) is 2. The first-order valence-corrected chi connectivity index (χ1v) is 12.1. The van der Waals surface area contributed by atoms with Crippen molar-refractivity contribution in [2.24, 2.45) is 0 Å². The molecule has 0 bridgehead atoms. The fraction of sp³-hybridized carbons (Fsp3) is 0.107. The lowest BCUT2D eigenvalue weighted by atomic mass is 10.1. The zero-order valence-electron chi connectivity index (χ0n) is 20.5. The van der Waals surface area contributed by atoms with Crippen molar-refractivity contribution in [1.82, 2.24) is 19.5 Å². The Bertz CT molecular complexity index is 1650. The Morgan fingerprint density at radius 2 is 1.79 bits per heavy atom. The molecule has 3 aromatic heterocycles. The number of nitrogens with one attached hydrogen (secondary N) is 1. The smallest absolute Gasteiger partial charge is 0.338 e. The van der Waals surface area contributed by atoms with Gasteiger partial charge in [-0.15, -0.1) is 0 Å². The zero-order valence-corrected chi connectivity index (χ0v) is 21.3. The number of nitrogens with zero attached hydrogens (tertiary/aromatic N) is 4. The van der Waals surface area contributed by atoms with E-state index in [1.165, 1.54) is 19.2 Å². The maximum absolute atomic E-state index is 13.4. The summed E-state index contributed by atoms with van der Waals surface area (Å²) < 4.78 is 12.2. The molecule has 0 fully saturated rings. The molecule has 0 aliphatic rings. The quantitative estimate of drug-likeness (QED) is 0.217. The van der Waals surface area contributed by atoms with Gasteiger partial charge in [0.05, 0.1) is 41.7 Å². The van der Waals surface area contributed by atoms with Crippen LogP contribution in [-0.4, -0.2) is 45.1 Å². The molecule has 2 aromatic carbocycles. The molecule has 0 atom stereocenters. The van der Waals surface area contributed by atoms with E-state index in [0.29, 0.717) is 22.9 Å². The van der Waals surface area contributed by atoms with Gasteiger partial charge in [-0.05, 0) is 55.5 Å². The lowest BCUT2D eigenvalue weighted by Crippen LogP contribution is -2.16. The SMILES string of the molecule is CCOC(=O)c1ccc(-n2c(-c3ccccn3)nc3ccccc32)c(NC(=O)c2cc(Cl)nc(OC)c2)c1. The Balaban J connectivity index is 1.69. The van der Waals surface area contributed by atoms with Crippen LogP contribution in [0.3, 0.4) is 0 Å². The Kier molecular flexibility index (Phi) is 7.01. The van der Waals surface area contributed by atoms with Crippen LogP contribution in [-0.2, 0) is 4.74 Å². The topological polar surface area (TPSA) is 108 Å². The van der Waals surface area contributed by atoms with Gasteiger partial charge in [0.2, 0.25) is 5.88 Å². The number of halogens is 1. The molecule has 38 heavy (non-hydrogen) atoms. The van der Waals surface area contributed by atoms with Gasteiger partial charge in [0, 0.05) is 17.8 Å². The van der Waals surface area contributed by atoms with Crippen molar-refractivity contribution in [3.8, 4) is 23.1 Å². The summed E-state index contributed by atoms with van der Waals surface area (Å²) in [6, 6.07) is 21.0. The highest BCUT2D eigenvalue weighted by atomic mass is 35.5. The van der Waals surface area contributed by atoms with Crippen LogP contribution >= 0.6 is 11.6 Å². The number of pyridine rings is 2. The van der Waals surface area contributed by atoms with Crippen molar-refractivity contribution >= 4 is 40.2 Å². The summed E-state index contributed by atoms with van der Waals surface area (Å²) in [5.41, 5.74) is 3.61. The number of hydrogen-bond donors (Lipinski definition) is 1. The molecule has 1 amide bonds. The number of benzene rings is 2. The third-order valence-electron chi connectivity index (χ3n) is 5.69. The molecule has 190 valence electrons. The molecule has 0 saturated heterocycles. The van der Waals surface area contributed by atoms with Gasteiger partial charge in [0.25, 0.3) is 5.91 Å². The molecular formula is C28H22ClN5O4. The van der Waals surface area contributed by atoms with E-state index in [1.54, 1.807) is 31.3 Å². The van der Waals surface area contributed by atoms with Crippen LogP contribution in [0.25, 0.3) is 28.2 Å². The Labute approximate surface area is 223 Å². The first-order chi connectivity index (χ1) is 18.5. The van der Waals surface area contributed by atoms with E-state index in [2.05, 4.69) is 15.3 Å². The number of fused-ring (bicyclic) bond motifs is 1. The molecular weight excluding hydrogens is 506 g/mol. The fourth-order valence-corrected chi connectivity index (χ4v) is 4.21. The summed E-state index contributed by atoms with van der Waals surface area (Å²) in [5.74, 6) is -0.219. The van der Waals surface area contributed by atoms with Crippen molar-refractivity contribution in [2.75, 3.05) is 19.0 Å². The second-order valence-corrected chi connectivity index (χ2v) is 8.49. The highest BCUT2D eigenvalue weighted by molar-refractivity contribution is 6.30. The van der Waals surface area contributed by atoms with Gasteiger partial charge < -0.3 is 14.8 Å². The lowest BCUT2D eigenvalue weighted by molar-refractivity contribution is 0.0526. The Morgan fingerprint density at radius 3 is 2.55 bits per heavy atom. The maximum atomic E-state index is 13.4. The number of para-hydroxylation sites is 2. The van der Waals surface area contributed by atoms with Gasteiger partial charge in [-0.25, -0.2) is 14.8 Å². The van der Waals surface area contributed by atoms with Crippen molar-refractivity contribution in [1.29, 1.82) is 0 Å². The molecule has 10 heteroatoms. The minimum absolute atomic E-state index is 0.105. The van der Waals surface area contributed by atoms with Crippen molar-refractivity contribution in [2.45, 2.75) is 6.92 Å². The zero-order chi connectivity index (χ0) is 26.6. The van der Waals surface area contributed by atoms with E-state index in [9.17, 15) is 9.59 Å². The van der Waals surface area contributed by atoms with Gasteiger partial charge in [-0.1, -0.05) is 29.8 Å². The highest BCUT2D eigenvalue weighted by Crippen LogP contribution is 2.32. The van der Waals surface area contributed by atoms with E-state index in [1.807, 2.05) is 47.0 Å². The van der Waals surface area contributed by atoms with Gasteiger partial charge in [0.1, 0.15) is 10.8 Å². The summed E-state index contributed by atoms with van der Waals surface area (Å²) in [7, 11) is 1.44. The third-order valence-corrected chi connectivity index (χ3v) is 5.89. The third kappa shape index (κ3) is 4.91. The first kappa shape index (κ1) is 24.9. The van der Waals surface area contributed by atoms with E-state index >= 15 is 0 Å². The summed E-state index contributed by atoms with van der Waals surface area (Å²) in [6.07, 6.45) is 1.69. The molecule has 3 heterocycles. The van der Waals surface area contributed by atoms with Crippen LogP contribution in [0.15, 0.2) is 79.0 Å². The van der Waals surface area contributed by atoms with E-state index < -0.39 is 11.9 Å². The predicted octanol–water partition coefficient (Wildman–Crippen LogP) is 5.57. The standard InChI is InChI=1S/C28H22ClN5O4/c1-3-38-28(36)17-11-12-23(21(14-17)32-27(35)18-15-24(29)33-25(16-18)37-2)34-22-10-5-4-8-19(22)31-26(34)20-9-6-7-13-30-20/h4-16H,3H2,1-2H3,(H,32,35). The summed E-state index contributed by atoms with van der Waals surface area (Å²) >= 11 is 6.09. The van der Waals surface area contributed by atoms with Gasteiger partial charge in [0.15, 0.2) is 5.82 Å². The molecule has 0 unspecified atom stereocenters. The molecule has 0 spiro atoms. The number of methoxy groups -OCH3 is 1. The Hall–Kier alpha value is -4.76. The lowest BCUT2D eigenvalue weighted by Gasteiger charge is -2.16. The largest absolute Gasteiger partial charge is 0.481 e. The molecule has 0 aliphatic carbocycles. The number of carbonyl (C=O) groups is 2. The molecule has 0 saturated carbocycles. The number of aromatic nitrogens is 4. The van der Waals surface area contributed by atoms with Crippen molar-refractivity contribution < 1.29 is 19.1 Å². The highest BCUT2D eigenvalue weighted by Gasteiger charge is 2.21. The average molecular weight is 528 g/mol. The van der Waals surface area contributed by atoms with Gasteiger partial charge >= 0.3 is 5.97 Å². The summed E-state index contributed by atoms with van der Waals surface area (Å²) in [4.78, 5) is 39.3. The number of rotatable bonds is 7. The molecule has 5 aromatic rings. The minimum atomic E-state index is -0.511. The van der Waals surface area contributed by atoms with E-state index in [4.69, 9.17) is 26.1 Å². The van der Waals surface area contributed by atoms with Gasteiger partial charge in [-0.3, -0.25) is 14.3 Å². The Morgan fingerprint density at radius 1 is 0.974 bits per heavy atom. The van der Waals surface area contributed by atoms with Crippen LogP contribution in [0.5, 0.6) is 5.88 Å². The van der Waals surface area contributed by atoms with Crippen molar-refractivity contribution in [3.63, 3.8) is 0 Å². The summed E-state index contributed by atoms with van der Waals surface area (Å²) in [6.45, 7) is 1.94. The second-order valence-electron chi connectivity index (χ2n) is 8.10. The van der Waals surface area contributed by atoms with Crippen molar-refractivity contribution in [3.05, 3.63) is 95.3 Å². The fourth-order valence-electron chi connectivity index (χ4n) is 4.01. The van der Waals surface area contributed by atoms with Gasteiger partial charge in [-0.2, -0.15) is 0 Å². The van der Waals surface area contributed by atoms with Crippen LogP contribution in [0.4, 0.5) is 5.69 Å². The van der Waals surface area contributed by atoms with E-state index in [0.717, 1.165) is 11.0 Å². The number of hydrogen-bond acceptors (Lipinski definition) is 7. The van der Waals surface area contributed by atoms with E-state index in [-0.39, 0.29) is 28.8 Å². The number of carbonyl (C=O) groups excluding carboxylic acids is 2. The number of amides is 1. The number of anilines is 1. The molecule has 9 nitrogen and oxygen atoms in total. The molecule has 5 rings (SSSR count). The second kappa shape index (κ2) is 10.7. The maximum Gasteiger partial charge on any atom is 0.338 e. The predicted molar refractivity (Wildman–Crippen MR) is 144 cm³/mol. The summed E-state index contributed by atoms with van der Waals surface area (Å²) in [5, 5.41) is 3.02.